The number of hydrogen-bond donors (Lipinski definition) is 0. The van der Waals surface area contributed by atoms with Gasteiger partial charge in [-0.05, 0) is 25.8 Å². The Morgan fingerprint density at radius 2 is 1.69 bits per heavy atom. The molecule has 2 atom stereocenters. The molecule has 9 heteroatoms. The molecule has 3 heterocycles. The predicted octanol–water partition coefficient (Wildman–Crippen LogP) is -0.0814. The lowest BCUT2D eigenvalue weighted by Crippen LogP contribution is -2.62. The lowest BCUT2D eigenvalue weighted by atomic mass is 10.0. The van der Waals surface area contributed by atoms with Crippen molar-refractivity contribution in [2.75, 3.05) is 24.6 Å². The zero-order valence-corrected chi connectivity index (χ0v) is 16.5. The van der Waals surface area contributed by atoms with Gasteiger partial charge in [0.15, 0.2) is 9.84 Å². The first-order valence-electron chi connectivity index (χ1n) is 8.94. The highest BCUT2D eigenvalue weighted by atomic mass is 32.2. The molecule has 3 rings (SSSR count). The molecule has 1 aromatic heterocycles. The highest BCUT2D eigenvalue weighted by molar-refractivity contribution is 7.91. The van der Waals surface area contributed by atoms with Crippen LogP contribution in [0.1, 0.15) is 30.8 Å². The Morgan fingerprint density at radius 3 is 2.23 bits per heavy atom. The number of nitrogens with zero attached hydrogens (tertiary/aromatic N) is 4. The maximum absolute atomic E-state index is 12.9. The molecule has 0 bridgehead atoms. The highest BCUT2D eigenvalue weighted by Crippen LogP contribution is 2.27. The first-order chi connectivity index (χ1) is 12.1. The van der Waals surface area contributed by atoms with Crippen LogP contribution in [0.3, 0.4) is 0 Å². The molecule has 0 N–H and O–H groups in total. The van der Waals surface area contributed by atoms with Crippen LogP contribution in [-0.4, -0.2) is 76.5 Å². The van der Waals surface area contributed by atoms with Crippen molar-refractivity contribution in [1.29, 1.82) is 0 Å². The summed E-state index contributed by atoms with van der Waals surface area (Å²) in [5.74, 6) is -0.435. The summed E-state index contributed by atoms with van der Waals surface area (Å²) in [6.07, 6.45) is 0.853. The van der Waals surface area contributed by atoms with Crippen LogP contribution in [0.5, 0.6) is 0 Å². The third kappa shape index (κ3) is 3.24. The summed E-state index contributed by atoms with van der Waals surface area (Å²) in [5.41, 5.74) is 3.03. The largest absolute Gasteiger partial charge is 0.335 e. The molecule has 8 nitrogen and oxygen atoms in total. The minimum atomic E-state index is -3.26. The van der Waals surface area contributed by atoms with E-state index >= 15 is 0 Å². The molecule has 2 amide bonds. The van der Waals surface area contributed by atoms with Gasteiger partial charge in [0.2, 0.25) is 11.8 Å². The van der Waals surface area contributed by atoms with Gasteiger partial charge in [0.25, 0.3) is 0 Å². The van der Waals surface area contributed by atoms with Crippen molar-refractivity contribution in [2.45, 2.75) is 52.7 Å². The molecule has 2 aliphatic heterocycles. The first-order valence-corrected chi connectivity index (χ1v) is 10.8. The molecule has 2 aliphatic rings. The lowest BCUT2D eigenvalue weighted by molar-refractivity contribution is -0.144. The Balaban J connectivity index is 1.83. The number of piperazine rings is 1. The summed E-state index contributed by atoms with van der Waals surface area (Å²) in [6.45, 7) is 8.19. The molecular weight excluding hydrogens is 356 g/mol. The number of carbonyl (C=O) groups is 2. The van der Waals surface area contributed by atoms with Crippen molar-refractivity contribution in [3.63, 3.8) is 0 Å². The van der Waals surface area contributed by atoms with E-state index < -0.39 is 21.9 Å². The number of amides is 2. The summed E-state index contributed by atoms with van der Waals surface area (Å²) in [5, 5.41) is 4.46. The van der Waals surface area contributed by atoms with Crippen LogP contribution in [0.25, 0.3) is 0 Å². The van der Waals surface area contributed by atoms with Gasteiger partial charge < -0.3 is 9.80 Å². The molecule has 26 heavy (non-hydrogen) atoms. The van der Waals surface area contributed by atoms with Crippen molar-refractivity contribution < 1.29 is 18.0 Å². The Morgan fingerprint density at radius 1 is 1.12 bits per heavy atom. The fraction of sp³-hybridized carbons (Fsp3) is 0.706. The minimum Gasteiger partial charge on any atom is -0.335 e. The molecule has 0 radical (unpaired) electrons. The van der Waals surface area contributed by atoms with Gasteiger partial charge in [-0.25, -0.2) is 8.42 Å². The summed E-state index contributed by atoms with van der Waals surface area (Å²) < 4.78 is 26.0. The van der Waals surface area contributed by atoms with Gasteiger partial charge in [0, 0.05) is 25.7 Å². The van der Waals surface area contributed by atoms with E-state index in [0.717, 1.165) is 23.4 Å². The number of aromatic nitrogens is 2. The normalized spacial score (nSPS) is 24.6. The maximum Gasteiger partial charge on any atom is 0.244 e. The van der Waals surface area contributed by atoms with E-state index in [1.165, 1.54) is 6.92 Å². The lowest BCUT2D eigenvalue weighted by Gasteiger charge is -2.43. The van der Waals surface area contributed by atoms with E-state index in [1.807, 2.05) is 13.8 Å². The Labute approximate surface area is 154 Å². The van der Waals surface area contributed by atoms with E-state index in [0.29, 0.717) is 13.1 Å². The molecule has 0 spiro atoms. The van der Waals surface area contributed by atoms with Crippen molar-refractivity contribution >= 4 is 21.7 Å². The Hall–Kier alpha value is -1.90. The standard InChI is InChI=1S/C17H26N4O4S/c1-5-14-11(2)18-21(12(14)3)8-17(23)20-7-6-19(13(4)22)15-9-26(24,25)10-16(15)20/h15-16H,5-10H2,1-4H3/t15-,16+/m1/s1. The van der Waals surface area contributed by atoms with E-state index in [4.69, 9.17) is 0 Å². The average molecular weight is 382 g/mol. The van der Waals surface area contributed by atoms with Gasteiger partial charge in [-0.1, -0.05) is 6.92 Å². The predicted molar refractivity (Wildman–Crippen MR) is 96.4 cm³/mol. The average Bonchev–Trinajstić information content (AvgIpc) is 3.00. The van der Waals surface area contributed by atoms with Gasteiger partial charge in [-0.3, -0.25) is 14.3 Å². The van der Waals surface area contributed by atoms with E-state index in [9.17, 15) is 18.0 Å². The highest BCUT2D eigenvalue weighted by Gasteiger charge is 2.48. The summed E-state index contributed by atoms with van der Waals surface area (Å²) in [7, 11) is -3.26. The first kappa shape index (κ1) is 18.9. The van der Waals surface area contributed by atoms with Crippen LogP contribution >= 0.6 is 0 Å². The van der Waals surface area contributed by atoms with Crippen molar-refractivity contribution in [1.82, 2.24) is 19.6 Å². The second-order valence-electron chi connectivity index (χ2n) is 7.17. The van der Waals surface area contributed by atoms with Crippen LogP contribution in [0.15, 0.2) is 0 Å². The second kappa shape index (κ2) is 6.68. The van der Waals surface area contributed by atoms with E-state index in [2.05, 4.69) is 12.0 Å². The molecule has 0 aromatic carbocycles. The van der Waals surface area contributed by atoms with E-state index in [1.54, 1.807) is 14.5 Å². The third-order valence-corrected chi connectivity index (χ3v) is 7.27. The fourth-order valence-electron chi connectivity index (χ4n) is 4.27. The SMILES string of the molecule is CCc1c(C)nn(CC(=O)N2CCN(C(C)=O)[C@@H]3CS(=O)(=O)C[C@@H]32)c1C. The van der Waals surface area contributed by atoms with Crippen LogP contribution in [-0.2, 0) is 32.4 Å². The Kier molecular flexibility index (Phi) is 4.85. The fourth-order valence-corrected chi connectivity index (χ4v) is 6.25. The van der Waals surface area contributed by atoms with Gasteiger partial charge in [-0.15, -0.1) is 0 Å². The molecule has 2 fully saturated rings. The smallest absolute Gasteiger partial charge is 0.244 e. The quantitative estimate of drug-likeness (QED) is 0.729. The van der Waals surface area contributed by atoms with Crippen LogP contribution in [0.4, 0.5) is 0 Å². The molecule has 0 aliphatic carbocycles. The van der Waals surface area contributed by atoms with Crippen LogP contribution in [0.2, 0.25) is 0 Å². The van der Waals surface area contributed by atoms with Crippen LogP contribution in [0, 0.1) is 13.8 Å². The monoisotopic (exact) mass is 382 g/mol. The Bertz CT molecular complexity index is 845. The van der Waals surface area contributed by atoms with Crippen molar-refractivity contribution in [3.8, 4) is 0 Å². The number of rotatable bonds is 3. The molecule has 1 aromatic rings. The number of carbonyl (C=O) groups excluding carboxylic acids is 2. The molecule has 0 saturated carbocycles. The van der Waals surface area contributed by atoms with Gasteiger partial charge in [0.05, 0.1) is 29.3 Å². The van der Waals surface area contributed by atoms with E-state index in [-0.39, 0.29) is 29.9 Å². The minimum absolute atomic E-state index is 0.0685. The van der Waals surface area contributed by atoms with Crippen molar-refractivity contribution in [2.24, 2.45) is 0 Å². The topological polar surface area (TPSA) is 92.6 Å². The van der Waals surface area contributed by atoms with Crippen LogP contribution < -0.4 is 0 Å². The number of sulfone groups is 1. The number of fused-ring (bicyclic) bond motifs is 1. The molecule has 0 unspecified atom stereocenters. The number of hydrogen-bond acceptors (Lipinski definition) is 5. The summed E-state index contributed by atoms with van der Waals surface area (Å²) >= 11 is 0. The second-order valence-corrected chi connectivity index (χ2v) is 9.33. The zero-order chi connectivity index (χ0) is 19.2. The van der Waals surface area contributed by atoms with Crippen molar-refractivity contribution in [3.05, 3.63) is 17.0 Å². The zero-order valence-electron chi connectivity index (χ0n) is 15.7. The third-order valence-electron chi connectivity index (χ3n) is 5.57. The van der Waals surface area contributed by atoms with Gasteiger partial charge >= 0.3 is 0 Å². The molecule has 144 valence electrons. The summed E-state index contributed by atoms with van der Waals surface area (Å²) in [6, 6.07) is -0.908. The maximum atomic E-state index is 12.9. The van der Waals surface area contributed by atoms with Gasteiger partial charge in [-0.2, -0.15) is 5.10 Å². The van der Waals surface area contributed by atoms with Gasteiger partial charge in [0.1, 0.15) is 6.54 Å². The molecule has 2 saturated heterocycles. The molecular formula is C17H26N4O4S. The number of aryl methyl sites for hydroxylation is 1. The summed E-state index contributed by atoms with van der Waals surface area (Å²) in [4.78, 5) is 28.0.